The second-order valence-corrected chi connectivity index (χ2v) is 8.44. The molecule has 27 heavy (non-hydrogen) atoms. The van der Waals surface area contributed by atoms with Crippen molar-refractivity contribution in [2.45, 2.75) is 38.1 Å². The van der Waals surface area contributed by atoms with Gasteiger partial charge in [-0.2, -0.15) is 5.10 Å². The first-order chi connectivity index (χ1) is 13.2. The molecule has 5 rings (SSSR count). The zero-order chi connectivity index (χ0) is 18.4. The summed E-state index contributed by atoms with van der Waals surface area (Å²) in [5, 5.41) is 4.19. The molecule has 4 heterocycles. The van der Waals surface area contributed by atoms with Gasteiger partial charge in [0.2, 0.25) is 0 Å². The maximum atomic E-state index is 13.2. The summed E-state index contributed by atoms with van der Waals surface area (Å²) >= 11 is 0. The van der Waals surface area contributed by atoms with E-state index in [2.05, 4.69) is 24.9 Å². The van der Waals surface area contributed by atoms with Crippen LogP contribution < -0.4 is 0 Å². The molecule has 1 saturated carbocycles. The molecule has 0 aromatic carbocycles. The van der Waals surface area contributed by atoms with Crippen LogP contribution in [0.3, 0.4) is 0 Å². The second-order valence-electron chi connectivity index (χ2n) is 8.44. The number of imidazole rings is 1. The molecule has 2 aliphatic heterocycles. The number of carbonyl (C=O) groups excluding carboxylic acids is 1. The predicted molar refractivity (Wildman–Crippen MR) is 101 cm³/mol. The number of rotatable bonds is 4. The Kier molecular flexibility index (Phi) is 4.27. The number of nitrogens with one attached hydrogen (secondary N) is 1. The van der Waals surface area contributed by atoms with Gasteiger partial charge in [0.1, 0.15) is 0 Å². The van der Waals surface area contributed by atoms with E-state index in [1.807, 2.05) is 13.2 Å². The summed E-state index contributed by atoms with van der Waals surface area (Å²) in [5.74, 6) is 1.50. The summed E-state index contributed by atoms with van der Waals surface area (Å²) in [6, 6.07) is 0.0794. The van der Waals surface area contributed by atoms with Crippen molar-refractivity contribution in [3.05, 3.63) is 35.7 Å². The third-order valence-corrected chi connectivity index (χ3v) is 6.48. The van der Waals surface area contributed by atoms with E-state index in [0.717, 1.165) is 50.5 Å². The molecule has 2 fully saturated rings. The molecule has 0 spiro atoms. The first-order valence-corrected chi connectivity index (χ1v) is 10.2. The molecule has 7 heteroatoms. The Morgan fingerprint density at radius 3 is 2.74 bits per heavy atom. The number of H-pyrrole nitrogens is 1. The van der Waals surface area contributed by atoms with Gasteiger partial charge in [0.15, 0.2) is 0 Å². The van der Waals surface area contributed by atoms with Gasteiger partial charge >= 0.3 is 0 Å². The summed E-state index contributed by atoms with van der Waals surface area (Å²) in [7, 11) is 1.85. The largest absolute Gasteiger partial charge is 0.348 e. The van der Waals surface area contributed by atoms with Crippen LogP contribution in [-0.2, 0) is 13.5 Å². The van der Waals surface area contributed by atoms with Gasteiger partial charge in [-0.1, -0.05) is 0 Å². The molecule has 0 radical (unpaired) electrons. The average molecular weight is 368 g/mol. The van der Waals surface area contributed by atoms with Crippen LogP contribution in [0.15, 0.2) is 18.7 Å². The minimum Gasteiger partial charge on any atom is -0.348 e. The van der Waals surface area contributed by atoms with Gasteiger partial charge in [-0.25, -0.2) is 4.98 Å². The van der Waals surface area contributed by atoms with Crippen LogP contribution >= 0.6 is 0 Å². The highest BCUT2D eigenvalue weighted by molar-refractivity contribution is 5.94. The van der Waals surface area contributed by atoms with E-state index in [1.54, 1.807) is 17.2 Å². The number of carbonyl (C=O) groups is 1. The zero-order valence-electron chi connectivity index (χ0n) is 16.0. The fourth-order valence-corrected chi connectivity index (χ4v) is 4.83. The van der Waals surface area contributed by atoms with Gasteiger partial charge in [-0.05, 0) is 50.6 Å². The highest BCUT2D eigenvalue weighted by Crippen LogP contribution is 2.40. The van der Waals surface area contributed by atoms with E-state index in [-0.39, 0.29) is 11.9 Å². The Bertz CT molecular complexity index is 814. The first kappa shape index (κ1) is 17.0. The summed E-state index contributed by atoms with van der Waals surface area (Å²) in [6.45, 7) is 4.30. The summed E-state index contributed by atoms with van der Waals surface area (Å²) in [5.41, 5.74) is 2.96. The van der Waals surface area contributed by atoms with Crippen molar-refractivity contribution in [1.82, 2.24) is 29.5 Å². The van der Waals surface area contributed by atoms with Crippen molar-refractivity contribution >= 4 is 5.91 Å². The van der Waals surface area contributed by atoms with Gasteiger partial charge in [-0.15, -0.1) is 0 Å². The normalized spacial score (nSPS) is 24.2. The molecule has 0 bridgehead atoms. The van der Waals surface area contributed by atoms with Crippen LogP contribution in [0.5, 0.6) is 0 Å². The second kappa shape index (κ2) is 6.78. The molecule has 1 amide bonds. The van der Waals surface area contributed by atoms with Gasteiger partial charge in [0.25, 0.3) is 5.91 Å². The van der Waals surface area contributed by atoms with E-state index < -0.39 is 0 Å². The van der Waals surface area contributed by atoms with Crippen molar-refractivity contribution in [3.63, 3.8) is 0 Å². The molecular formula is C20H28N6O. The predicted octanol–water partition coefficient (Wildman–Crippen LogP) is 2.00. The molecule has 1 atom stereocenters. The molecule has 1 aliphatic carbocycles. The highest BCUT2D eigenvalue weighted by Gasteiger charge is 2.40. The van der Waals surface area contributed by atoms with Gasteiger partial charge < -0.3 is 14.8 Å². The number of amides is 1. The minimum atomic E-state index is 0.0794. The van der Waals surface area contributed by atoms with Crippen LogP contribution in [-0.4, -0.2) is 61.6 Å². The zero-order valence-corrected chi connectivity index (χ0v) is 16.0. The lowest BCUT2D eigenvalue weighted by Crippen LogP contribution is -2.46. The van der Waals surface area contributed by atoms with Crippen molar-refractivity contribution < 1.29 is 4.79 Å². The third kappa shape index (κ3) is 3.29. The van der Waals surface area contributed by atoms with Gasteiger partial charge in [-0.3, -0.25) is 9.48 Å². The lowest BCUT2D eigenvalue weighted by molar-refractivity contribution is 0.0468. The first-order valence-electron chi connectivity index (χ1n) is 10.2. The van der Waals surface area contributed by atoms with Crippen molar-refractivity contribution in [1.29, 1.82) is 0 Å². The third-order valence-electron chi connectivity index (χ3n) is 6.48. The van der Waals surface area contributed by atoms with Gasteiger partial charge in [0.05, 0.1) is 29.8 Å². The molecule has 3 aliphatic rings. The molecular weight excluding hydrogens is 340 g/mol. The molecule has 1 N–H and O–H groups in total. The van der Waals surface area contributed by atoms with E-state index >= 15 is 0 Å². The minimum absolute atomic E-state index is 0.0794. The monoisotopic (exact) mass is 368 g/mol. The number of nitrogens with zero attached hydrogens (tertiary/aromatic N) is 5. The molecule has 144 valence electrons. The maximum absolute atomic E-state index is 13.2. The Labute approximate surface area is 159 Å². The molecule has 2 aromatic heterocycles. The van der Waals surface area contributed by atoms with E-state index in [0.29, 0.717) is 11.5 Å². The van der Waals surface area contributed by atoms with Crippen molar-refractivity contribution in [3.8, 4) is 0 Å². The number of fused-ring (bicyclic) bond motifs is 1. The summed E-state index contributed by atoms with van der Waals surface area (Å²) in [4.78, 5) is 25.9. The maximum Gasteiger partial charge on any atom is 0.257 e. The number of piperidine rings is 1. The number of aromatic nitrogens is 4. The van der Waals surface area contributed by atoms with E-state index in [9.17, 15) is 4.79 Å². The fraction of sp³-hybridized carbons (Fsp3) is 0.650. The molecule has 2 aromatic rings. The smallest absolute Gasteiger partial charge is 0.257 e. The Hall–Kier alpha value is -2.15. The molecule has 1 saturated heterocycles. The van der Waals surface area contributed by atoms with Crippen LogP contribution in [0.25, 0.3) is 0 Å². The number of aryl methyl sites for hydroxylation is 1. The van der Waals surface area contributed by atoms with E-state index in [1.165, 1.54) is 25.1 Å². The lowest BCUT2D eigenvalue weighted by atomic mass is 9.83. The number of hydrogen-bond donors (Lipinski definition) is 1. The topological polar surface area (TPSA) is 70.1 Å². The van der Waals surface area contributed by atoms with Crippen molar-refractivity contribution in [2.75, 3.05) is 26.2 Å². The summed E-state index contributed by atoms with van der Waals surface area (Å²) in [6.07, 6.45) is 11.2. The Morgan fingerprint density at radius 2 is 2.04 bits per heavy atom. The van der Waals surface area contributed by atoms with Crippen LogP contribution in [0.1, 0.15) is 53.5 Å². The average Bonchev–Trinajstić information content (AvgIpc) is 3.18. The number of aromatic amines is 1. The van der Waals surface area contributed by atoms with E-state index in [4.69, 9.17) is 0 Å². The van der Waals surface area contributed by atoms with Crippen LogP contribution in [0, 0.1) is 11.8 Å². The molecule has 1 unspecified atom stereocenters. The van der Waals surface area contributed by atoms with Crippen molar-refractivity contribution in [2.24, 2.45) is 18.9 Å². The Morgan fingerprint density at radius 1 is 1.22 bits per heavy atom. The standard InChI is InChI=1S/C20H28N6O/c1-24-12-16(10-23-24)20(27)26-9-6-17-18(22-13-21-17)19(26)15-4-7-25(8-5-15)11-14-2-3-14/h10,12-15,19H,2-9,11H2,1H3,(H,21,22). The SMILES string of the molecule is Cn1cc(C(=O)N2CCc3[nH]cnc3C2C2CCN(CC3CC3)CC2)cn1. The highest BCUT2D eigenvalue weighted by atomic mass is 16.2. The Balaban J connectivity index is 1.37. The van der Waals surface area contributed by atoms with Gasteiger partial charge in [0, 0.05) is 38.4 Å². The number of likely N-dealkylation sites (tertiary alicyclic amines) is 1. The van der Waals surface area contributed by atoms with Crippen LogP contribution in [0.4, 0.5) is 0 Å². The van der Waals surface area contributed by atoms with Crippen LogP contribution in [0.2, 0.25) is 0 Å². The fourth-order valence-electron chi connectivity index (χ4n) is 4.83. The lowest BCUT2D eigenvalue weighted by Gasteiger charge is -2.43. The summed E-state index contributed by atoms with van der Waals surface area (Å²) < 4.78 is 1.70. The molecule has 7 nitrogen and oxygen atoms in total. The number of hydrogen-bond acceptors (Lipinski definition) is 4. The quantitative estimate of drug-likeness (QED) is 0.896.